The molecule has 10 heavy (non-hydrogen) atoms. The van der Waals surface area contributed by atoms with Gasteiger partial charge < -0.3 is 5.11 Å². The van der Waals surface area contributed by atoms with Crippen LogP contribution < -0.4 is 0 Å². The lowest BCUT2D eigenvalue weighted by Gasteiger charge is -1.89. The van der Waals surface area contributed by atoms with Gasteiger partial charge in [-0.2, -0.15) is 0 Å². The van der Waals surface area contributed by atoms with Gasteiger partial charge in [0.05, 0.1) is 5.57 Å². The molecule has 0 radical (unpaired) electrons. The zero-order valence-corrected chi connectivity index (χ0v) is 5.71. The van der Waals surface area contributed by atoms with Crippen molar-refractivity contribution in [2.45, 2.75) is 19.3 Å². The van der Waals surface area contributed by atoms with Crippen LogP contribution in [0.2, 0.25) is 0 Å². The van der Waals surface area contributed by atoms with E-state index in [1.54, 1.807) is 12.2 Å². The lowest BCUT2D eigenvalue weighted by Crippen LogP contribution is -1.96. The summed E-state index contributed by atoms with van der Waals surface area (Å²) in [6.45, 7) is 0. The topological polar surface area (TPSA) is 37.3 Å². The number of carboxylic acid groups (broad SMARTS) is 1. The molecule has 1 aliphatic rings. The van der Waals surface area contributed by atoms with Gasteiger partial charge in [-0.25, -0.2) is 4.79 Å². The monoisotopic (exact) mass is 138 g/mol. The van der Waals surface area contributed by atoms with Gasteiger partial charge in [0.25, 0.3) is 0 Å². The van der Waals surface area contributed by atoms with Gasteiger partial charge in [-0.3, -0.25) is 0 Å². The summed E-state index contributed by atoms with van der Waals surface area (Å²) >= 11 is 0. The number of carbonyl (C=O) groups is 1. The number of hydrogen-bond donors (Lipinski definition) is 1. The predicted octanol–water partition coefficient (Wildman–Crippen LogP) is 1.74. The van der Waals surface area contributed by atoms with Crippen molar-refractivity contribution in [3.8, 4) is 0 Å². The Morgan fingerprint density at radius 1 is 1.50 bits per heavy atom. The molecule has 0 fully saturated rings. The highest BCUT2D eigenvalue weighted by Crippen LogP contribution is 2.09. The van der Waals surface area contributed by atoms with E-state index >= 15 is 0 Å². The first-order valence-corrected chi connectivity index (χ1v) is 3.40. The molecule has 0 atom stereocenters. The minimum absolute atomic E-state index is 0.428. The van der Waals surface area contributed by atoms with Crippen LogP contribution in [0.4, 0.5) is 0 Å². The van der Waals surface area contributed by atoms with Gasteiger partial charge in [-0.15, -0.1) is 0 Å². The van der Waals surface area contributed by atoms with Crippen LogP contribution in [0.5, 0.6) is 0 Å². The standard InChI is InChI=1S/C8H10O2/c9-8(10)7-5-3-1-2-4-6-7/h3,5-6H,1-2,4H2,(H,9,10). The number of carboxylic acids is 1. The fourth-order valence-electron chi connectivity index (χ4n) is 0.930. The van der Waals surface area contributed by atoms with Crippen LogP contribution in [0.3, 0.4) is 0 Å². The number of allylic oxidation sites excluding steroid dienone is 2. The third kappa shape index (κ3) is 1.72. The van der Waals surface area contributed by atoms with Gasteiger partial charge in [0, 0.05) is 0 Å². The second kappa shape index (κ2) is 3.20. The van der Waals surface area contributed by atoms with Crippen molar-refractivity contribution >= 4 is 5.97 Å². The summed E-state index contributed by atoms with van der Waals surface area (Å²) in [5.41, 5.74) is 0.428. The molecule has 0 saturated carbocycles. The lowest BCUT2D eigenvalue weighted by atomic mass is 10.2. The van der Waals surface area contributed by atoms with E-state index in [0.29, 0.717) is 5.57 Å². The SMILES string of the molecule is O=C(O)C1=CCCCC=C1. The quantitative estimate of drug-likeness (QED) is 0.599. The van der Waals surface area contributed by atoms with Gasteiger partial charge in [0.1, 0.15) is 0 Å². The Morgan fingerprint density at radius 2 is 2.30 bits per heavy atom. The molecule has 0 aromatic rings. The van der Waals surface area contributed by atoms with E-state index in [0.717, 1.165) is 19.3 Å². The molecule has 0 heterocycles. The van der Waals surface area contributed by atoms with E-state index < -0.39 is 5.97 Å². The van der Waals surface area contributed by atoms with E-state index in [1.807, 2.05) is 6.08 Å². The fraction of sp³-hybridized carbons (Fsp3) is 0.375. The molecule has 1 rings (SSSR count). The van der Waals surface area contributed by atoms with Crippen molar-refractivity contribution in [2.24, 2.45) is 0 Å². The second-order valence-electron chi connectivity index (χ2n) is 2.30. The van der Waals surface area contributed by atoms with Crippen molar-refractivity contribution in [3.63, 3.8) is 0 Å². The fourth-order valence-corrected chi connectivity index (χ4v) is 0.930. The van der Waals surface area contributed by atoms with Crippen LogP contribution in [0, 0.1) is 0 Å². The third-order valence-corrected chi connectivity index (χ3v) is 1.48. The minimum Gasteiger partial charge on any atom is -0.478 e. The molecule has 0 bridgehead atoms. The number of hydrogen-bond acceptors (Lipinski definition) is 1. The van der Waals surface area contributed by atoms with Crippen LogP contribution in [-0.2, 0) is 4.79 Å². The van der Waals surface area contributed by atoms with E-state index in [-0.39, 0.29) is 0 Å². The van der Waals surface area contributed by atoms with Gasteiger partial charge in [-0.1, -0.05) is 18.2 Å². The average molecular weight is 138 g/mol. The molecule has 54 valence electrons. The maximum absolute atomic E-state index is 10.4. The third-order valence-electron chi connectivity index (χ3n) is 1.48. The molecule has 0 aliphatic heterocycles. The Hall–Kier alpha value is -1.05. The van der Waals surface area contributed by atoms with Crippen molar-refractivity contribution in [3.05, 3.63) is 23.8 Å². The van der Waals surface area contributed by atoms with Crippen molar-refractivity contribution in [1.82, 2.24) is 0 Å². The van der Waals surface area contributed by atoms with Crippen LogP contribution >= 0.6 is 0 Å². The minimum atomic E-state index is -0.821. The molecule has 0 aromatic heterocycles. The normalized spacial score (nSPS) is 17.8. The maximum Gasteiger partial charge on any atom is 0.335 e. The van der Waals surface area contributed by atoms with Crippen molar-refractivity contribution in [1.29, 1.82) is 0 Å². The van der Waals surface area contributed by atoms with E-state index in [1.165, 1.54) is 0 Å². The average Bonchev–Trinajstić information content (AvgIpc) is 2.12. The zero-order valence-electron chi connectivity index (χ0n) is 5.71. The molecule has 0 saturated heterocycles. The Kier molecular flexibility index (Phi) is 2.26. The van der Waals surface area contributed by atoms with Crippen LogP contribution in [0.25, 0.3) is 0 Å². The summed E-state index contributed by atoms with van der Waals surface area (Å²) in [6, 6.07) is 0. The van der Waals surface area contributed by atoms with Crippen molar-refractivity contribution < 1.29 is 9.90 Å². The highest BCUT2D eigenvalue weighted by Gasteiger charge is 2.03. The molecule has 0 unspecified atom stereocenters. The predicted molar refractivity (Wildman–Crippen MR) is 38.7 cm³/mol. The zero-order chi connectivity index (χ0) is 7.40. The van der Waals surface area contributed by atoms with Gasteiger partial charge in [-0.05, 0) is 19.3 Å². The highest BCUT2D eigenvalue weighted by atomic mass is 16.4. The molecule has 0 amide bonds. The van der Waals surface area contributed by atoms with Gasteiger partial charge in [0.2, 0.25) is 0 Å². The summed E-state index contributed by atoms with van der Waals surface area (Å²) < 4.78 is 0. The largest absolute Gasteiger partial charge is 0.478 e. The summed E-state index contributed by atoms with van der Waals surface area (Å²) in [5.74, 6) is -0.821. The van der Waals surface area contributed by atoms with E-state index in [9.17, 15) is 4.79 Å². The molecular weight excluding hydrogens is 128 g/mol. The molecular formula is C8H10O2. The summed E-state index contributed by atoms with van der Waals surface area (Å²) in [6.07, 6.45) is 8.29. The van der Waals surface area contributed by atoms with Gasteiger partial charge in [0.15, 0.2) is 0 Å². The first kappa shape index (κ1) is 7.06. The molecule has 1 N–H and O–H groups in total. The highest BCUT2D eigenvalue weighted by molar-refractivity contribution is 5.89. The maximum atomic E-state index is 10.4. The smallest absolute Gasteiger partial charge is 0.335 e. The van der Waals surface area contributed by atoms with Crippen LogP contribution in [0.15, 0.2) is 23.8 Å². The molecule has 0 spiro atoms. The molecule has 2 nitrogen and oxygen atoms in total. The Balaban J connectivity index is 2.70. The summed E-state index contributed by atoms with van der Waals surface area (Å²) in [5, 5.41) is 8.54. The Morgan fingerprint density at radius 3 is 3.00 bits per heavy atom. The molecule has 1 aliphatic carbocycles. The Labute approximate surface area is 59.9 Å². The second-order valence-corrected chi connectivity index (χ2v) is 2.30. The molecule has 2 heteroatoms. The summed E-state index contributed by atoms with van der Waals surface area (Å²) in [4.78, 5) is 10.4. The van der Waals surface area contributed by atoms with Crippen LogP contribution in [-0.4, -0.2) is 11.1 Å². The van der Waals surface area contributed by atoms with E-state index in [2.05, 4.69) is 0 Å². The first-order chi connectivity index (χ1) is 4.80. The Bertz CT molecular complexity index is 189. The number of rotatable bonds is 1. The summed E-state index contributed by atoms with van der Waals surface area (Å²) in [7, 11) is 0. The lowest BCUT2D eigenvalue weighted by molar-refractivity contribution is -0.132. The van der Waals surface area contributed by atoms with Crippen molar-refractivity contribution in [2.75, 3.05) is 0 Å². The first-order valence-electron chi connectivity index (χ1n) is 3.40. The number of aliphatic carboxylic acids is 1. The molecule has 0 aromatic carbocycles. The van der Waals surface area contributed by atoms with Crippen LogP contribution in [0.1, 0.15) is 19.3 Å². The van der Waals surface area contributed by atoms with E-state index in [4.69, 9.17) is 5.11 Å². The van der Waals surface area contributed by atoms with Gasteiger partial charge >= 0.3 is 5.97 Å².